The number of rotatable bonds is 5. The highest BCUT2D eigenvalue weighted by atomic mass is 16.5. The first-order chi connectivity index (χ1) is 8.67. The molecule has 1 aliphatic heterocycles. The second-order valence-electron chi connectivity index (χ2n) is 5.28. The van der Waals surface area contributed by atoms with Gasteiger partial charge in [0.25, 0.3) is 0 Å². The Labute approximate surface area is 108 Å². The van der Waals surface area contributed by atoms with Crippen LogP contribution in [0.3, 0.4) is 0 Å². The average Bonchev–Trinajstić information content (AvgIpc) is 2.79. The summed E-state index contributed by atoms with van der Waals surface area (Å²) in [6.07, 6.45) is 0. The van der Waals surface area contributed by atoms with E-state index in [0.717, 1.165) is 44.5 Å². The van der Waals surface area contributed by atoms with E-state index in [4.69, 9.17) is 10.3 Å². The third-order valence-electron chi connectivity index (χ3n) is 3.14. The molecule has 1 aliphatic rings. The Hall–Kier alpha value is -0.980. The van der Waals surface area contributed by atoms with Gasteiger partial charge in [-0.1, -0.05) is 19.0 Å². The van der Waals surface area contributed by atoms with Crippen LogP contribution in [-0.2, 0) is 13.1 Å². The highest BCUT2D eigenvalue weighted by Crippen LogP contribution is 2.08. The molecule has 0 radical (unpaired) electrons. The van der Waals surface area contributed by atoms with Gasteiger partial charge in [0.1, 0.15) is 0 Å². The number of aromatic nitrogens is 2. The van der Waals surface area contributed by atoms with Gasteiger partial charge >= 0.3 is 0 Å². The van der Waals surface area contributed by atoms with Crippen molar-refractivity contribution in [3.63, 3.8) is 0 Å². The second-order valence-corrected chi connectivity index (χ2v) is 5.28. The predicted molar refractivity (Wildman–Crippen MR) is 68.7 cm³/mol. The van der Waals surface area contributed by atoms with E-state index in [1.54, 1.807) is 0 Å². The van der Waals surface area contributed by atoms with Crippen LogP contribution in [0.25, 0.3) is 0 Å². The van der Waals surface area contributed by atoms with Gasteiger partial charge in [-0.2, -0.15) is 4.98 Å². The molecule has 0 aliphatic carbocycles. The summed E-state index contributed by atoms with van der Waals surface area (Å²) in [7, 11) is 0. The van der Waals surface area contributed by atoms with Crippen molar-refractivity contribution in [3.8, 4) is 0 Å². The quantitative estimate of drug-likeness (QED) is 0.814. The van der Waals surface area contributed by atoms with Crippen LogP contribution in [-0.4, -0.2) is 52.7 Å². The fraction of sp³-hybridized carbons (Fsp3) is 0.833. The van der Waals surface area contributed by atoms with E-state index in [0.29, 0.717) is 12.4 Å². The summed E-state index contributed by atoms with van der Waals surface area (Å²) in [5.74, 6) is 2.00. The van der Waals surface area contributed by atoms with E-state index in [2.05, 4.69) is 33.8 Å². The molecule has 2 rings (SSSR count). The maximum atomic E-state index is 5.44. The molecule has 0 bridgehead atoms. The molecule has 0 saturated carbocycles. The first-order valence-corrected chi connectivity index (χ1v) is 6.63. The molecule has 6 heteroatoms. The van der Waals surface area contributed by atoms with Crippen molar-refractivity contribution < 1.29 is 4.52 Å². The van der Waals surface area contributed by atoms with Gasteiger partial charge in [0.05, 0.1) is 13.1 Å². The Morgan fingerprint density at radius 2 is 1.89 bits per heavy atom. The van der Waals surface area contributed by atoms with Gasteiger partial charge in [-0.15, -0.1) is 0 Å². The molecule has 2 heterocycles. The number of piperazine rings is 1. The normalized spacial score (nSPS) is 18.7. The maximum absolute atomic E-state index is 5.44. The van der Waals surface area contributed by atoms with Gasteiger partial charge in [-0.05, 0) is 5.92 Å². The Morgan fingerprint density at radius 3 is 2.44 bits per heavy atom. The van der Waals surface area contributed by atoms with E-state index in [-0.39, 0.29) is 0 Å². The highest BCUT2D eigenvalue weighted by Gasteiger charge is 2.19. The SMILES string of the molecule is CC(C)CN1CCN(Cc2noc(CN)n2)CC1. The minimum atomic E-state index is 0.315. The Kier molecular flexibility index (Phi) is 4.68. The molecular weight excluding hydrogens is 230 g/mol. The molecule has 0 amide bonds. The van der Waals surface area contributed by atoms with Crippen molar-refractivity contribution in [3.05, 3.63) is 11.7 Å². The lowest BCUT2D eigenvalue weighted by atomic mass is 10.2. The number of nitrogens with zero attached hydrogens (tertiary/aromatic N) is 4. The molecular formula is C12H23N5O. The molecule has 1 saturated heterocycles. The van der Waals surface area contributed by atoms with Gasteiger partial charge in [0.2, 0.25) is 5.89 Å². The Morgan fingerprint density at radius 1 is 1.22 bits per heavy atom. The van der Waals surface area contributed by atoms with Crippen LogP contribution in [0, 0.1) is 5.92 Å². The zero-order valence-electron chi connectivity index (χ0n) is 11.3. The first-order valence-electron chi connectivity index (χ1n) is 6.63. The number of hydrogen-bond acceptors (Lipinski definition) is 6. The Balaban J connectivity index is 1.76. The summed E-state index contributed by atoms with van der Waals surface area (Å²) in [5.41, 5.74) is 5.44. The fourth-order valence-corrected chi connectivity index (χ4v) is 2.28. The van der Waals surface area contributed by atoms with E-state index < -0.39 is 0 Å². The van der Waals surface area contributed by atoms with Crippen molar-refractivity contribution in [1.82, 2.24) is 19.9 Å². The second kappa shape index (κ2) is 6.26. The summed E-state index contributed by atoms with van der Waals surface area (Å²) < 4.78 is 5.01. The van der Waals surface area contributed by atoms with E-state index in [1.165, 1.54) is 6.54 Å². The standard InChI is InChI=1S/C12H23N5O/c1-10(2)8-16-3-5-17(6-4-16)9-11-14-12(7-13)18-15-11/h10H,3-9,13H2,1-2H3. The maximum Gasteiger partial charge on any atom is 0.240 e. The van der Waals surface area contributed by atoms with Gasteiger partial charge in [-0.25, -0.2) is 0 Å². The third-order valence-corrected chi connectivity index (χ3v) is 3.14. The van der Waals surface area contributed by atoms with Crippen molar-refractivity contribution in [1.29, 1.82) is 0 Å². The molecule has 6 nitrogen and oxygen atoms in total. The van der Waals surface area contributed by atoms with Crippen LogP contribution < -0.4 is 5.73 Å². The molecule has 1 fully saturated rings. The molecule has 0 unspecified atom stereocenters. The predicted octanol–water partition coefficient (Wildman–Crippen LogP) is 0.302. The number of hydrogen-bond donors (Lipinski definition) is 1. The van der Waals surface area contributed by atoms with Crippen molar-refractivity contribution in [2.45, 2.75) is 26.9 Å². The summed E-state index contributed by atoms with van der Waals surface area (Å²) in [6.45, 7) is 11.2. The fourth-order valence-electron chi connectivity index (χ4n) is 2.28. The lowest BCUT2D eigenvalue weighted by Gasteiger charge is -2.34. The van der Waals surface area contributed by atoms with Crippen LogP contribution in [0.5, 0.6) is 0 Å². The van der Waals surface area contributed by atoms with Crippen molar-refractivity contribution in [2.24, 2.45) is 11.7 Å². The molecule has 102 valence electrons. The molecule has 1 aromatic heterocycles. The number of nitrogens with two attached hydrogens (primary N) is 1. The molecule has 0 spiro atoms. The van der Waals surface area contributed by atoms with Crippen LogP contribution >= 0.6 is 0 Å². The zero-order valence-corrected chi connectivity index (χ0v) is 11.3. The van der Waals surface area contributed by atoms with Gasteiger partial charge in [-0.3, -0.25) is 4.90 Å². The van der Waals surface area contributed by atoms with Crippen LogP contribution in [0.2, 0.25) is 0 Å². The first kappa shape index (κ1) is 13.5. The van der Waals surface area contributed by atoms with E-state index in [9.17, 15) is 0 Å². The van der Waals surface area contributed by atoms with E-state index >= 15 is 0 Å². The zero-order chi connectivity index (χ0) is 13.0. The van der Waals surface area contributed by atoms with Crippen LogP contribution in [0.15, 0.2) is 4.52 Å². The summed E-state index contributed by atoms with van der Waals surface area (Å²) >= 11 is 0. The Bertz CT molecular complexity index is 357. The third kappa shape index (κ3) is 3.76. The molecule has 1 aromatic rings. The smallest absolute Gasteiger partial charge is 0.240 e. The lowest BCUT2D eigenvalue weighted by molar-refractivity contribution is 0.115. The van der Waals surface area contributed by atoms with E-state index in [1.807, 2.05) is 0 Å². The van der Waals surface area contributed by atoms with Gasteiger partial charge in [0.15, 0.2) is 5.82 Å². The van der Waals surface area contributed by atoms with Gasteiger partial charge < -0.3 is 15.2 Å². The highest BCUT2D eigenvalue weighted by molar-refractivity contribution is 4.87. The molecule has 0 atom stereocenters. The largest absolute Gasteiger partial charge is 0.338 e. The summed E-state index contributed by atoms with van der Waals surface area (Å²) in [5, 5.41) is 3.93. The topological polar surface area (TPSA) is 71.4 Å². The molecule has 0 aromatic carbocycles. The lowest BCUT2D eigenvalue weighted by Crippen LogP contribution is -2.47. The average molecular weight is 253 g/mol. The van der Waals surface area contributed by atoms with Crippen LogP contribution in [0.4, 0.5) is 0 Å². The van der Waals surface area contributed by atoms with Crippen molar-refractivity contribution in [2.75, 3.05) is 32.7 Å². The summed E-state index contributed by atoms with van der Waals surface area (Å²) in [6, 6.07) is 0. The molecule has 2 N–H and O–H groups in total. The van der Waals surface area contributed by atoms with Gasteiger partial charge in [0, 0.05) is 32.7 Å². The summed E-state index contributed by atoms with van der Waals surface area (Å²) in [4.78, 5) is 9.11. The monoisotopic (exact) mass is 253 g/mol. The minimum absolute atomic E-state index is 0.315. The minimum Gasteiger partial charge on any atom is -0.338 e. The molecule has 18 heavy (non-hydrogen) atoms. The van der Waals surface area contributed by atoms with Crippen molar-refractivity contribution >= 4 is 0 Å². The van der Waals surface area contributed by atoms with Crippen LogP contribution in [0.1, 0.15) is 25.6 Å².